The number of amides is 3. The fraction of sp³-hybridized carbons (Fsp3) is 0.167. The Balaban J connectivity index is 1.37. The second kappa shape index (κ2) is 16.6. The van der Waals surface area contributed by atoms with Crippen molar-refractivity contribution >= 4 is 46.9 Å². The number of nitrogens with one attached hydrogen (secondary N) is 3. The van der Waals surface area contributed by atoms with E-state index in [1.807, 2.05) is 103 Å². The molecule has 3 N–H and O–H groups in total. The van der Waals surface area contributed by atoms with Gasteiger partial charge in [0.05, 0.1) is 0 Å². The number of rotatable bonds is 12. The van der Waals surface area contributed by atoms with Gasteiger partial charge in [0.25, 0.3) is 11.8 Å². The first-order valence-corrected chi connectivity index (χ1v) is 17.3. The van der Waals surface area contributed by atoms with Crippen LogP contribution in [0.15, 0.2) is 144 Å². The Morgan fingerprint density at radius 3 is 1.80 bits per heavy atom. The summed E-state index contributed by atoms with van der Waals surface area (Å²) in [5, 5.41) is 8.28. The average Bonchev–Trinajstić information content (AvgIpc) is 3.11. The molecule has 0 aliphatic rings. The van der Waals surface area contributed by atoms with E-state index in [1.165, 1.54) is 22.9 Å². The highest BCUT2D eigenvalue weighted by Gasteiger charge is 2.23. The van der Waals surface area contributed by atoms with Gasteiger partial charge in [0.2, 0.25) is 5.91 Å². The standard InChI is InChI=1S/C42H41N3O3S/c1-28(2)31-20-18-30(19-21-31)26-38(45-40(46)34-14-9-6-10-15-34)41(47)44-36-16-11-17-37(27-36)49-39(33-12-7-5-8-13-33)42(48)43-35-24-22-32(23-25-35)29(3)4/h5-29,39H,1-4H3,(H,43,48)(H,44,47)(H,45,46)/b38-26+. The van der Waals surface area contributed by atoms with Gasteiger partial charge in [-0.15, -0.1) is 11.8 Å². The summed E-state index contributed by atoms with van der Waals surface area (Å²) >= 11 is 1.39. The minimum absolute atomic E-state index is 0.106. The maximum Gasteiger partial charge on any atom is 0.272 e. The summed E-state index contributed by atoms with van der Waals surface area (Å²) in [5.74, 6) is -0.247. The molecule has 49 heavy (non-hydrogen) atoms. The Kier molecular flexibility index (Phi) is 11.8. The van der Waals surface area contributed by atoms with Crippen LogP contribution in [0, 0.1) is 0 Å². The zero-order valence-corrected chi connectivity index (χ0v) is 29.0. The van der Waals surface area contributed by atoms with E-state index in [2.05, 4.69) is 43.6 Å². The lowest BCUT2D eigenvalue weighted by Crippen LogP contribution is -2.30. The van der Waals surface area contributed by atoms with Gasteiger partial charge in [-0.25, -0.2) is 0 Å². The summed E-state index contributed by atoms with van der Waals surface area (Å²) in [5.41, 5.74) is 5.82. The van der Waals surface area contributed by atoms with Crippen LogP contribution in [-0.4, -0.2) is 17.7 Å². The van der Waals surface area contributed by atoms with Gasteiger partial charge in [0.15, 0.2) is 0 Å². The van der Waals surface area contributed by atoms with E-state index in [0.29, 0.717) is 23.1 Å². The summed E-state index contributed by atoms with van der Waals surface area (Å²) in [7, 11) is 0. The molecule has 0 fully saturated rings. The van der Waals surface area contributed by atoms with Crippen LogP contribution in [0.1, 0.15) is 77.4 Å². The zero-order valence-electron chi connectivity index (χ0n) is 28.1. The van der Waals surface area contributed by atoms with Crippen molar-refractivity contribution in [3.8, 4) is 0 Å². The molecule has 0 radical (unpaired) electrons. The first-order chi connectivity index (χ1) is 23.7. The Bertz CT molecular complexity index is 1900. The number of anilines is 2. The molecule has 0 aliphatic heterocycles. The van der Waals surface area contributed by atoms with Crippen LogP contribution < -0.4 is 16.0 Å². The Labute approximate surface area is 293 Å². The fourth-order valence-corrected chi connectivity index (χ4v) is 6.21. The van der Waals surface area contributed by atoms with Crippen molar-refractivity contribution in [1.29, 1.82) is 0 Å². The Hall–Kier alpha value is -5.40. The van der Waals surface area contributed by atoms with E-state index in [9.17, 15) is 14.4 Å². The van der Waals surface area contributed by atoms with E-state index in [0.717, 1.165) is 21.7 Å². The summed E-state index contributed by atoms with van der Waals surface area (Å²) in [4.78, 5) is 41.3. The quantitative estimate of drug-likeness (QED) is 0.0913. The molecule has 0 heterocycles. The van der Waals surface area contributed by atoms with E-state index >= 15 is 0 Å². The number of hydrogen-bond donors (Lipinski definition) is 3. The van der Waals surface area contributed by atoms with Crippen LogP contribution in [0.5, 0.6) is 0 Å². The van der Waals surface area contributed by atoms with Crippen molar-refractivity contribution < 1.29 is 14.4 Å². The van der Waals surface area contributed by atoms with Crippen molar-refractivity contribution in [3.63, 3.8) is 0 Å². The maximum absolute atomic E-state index is 13.7. The minimum Gasteiger partial charge on any atom is -0.325 e. The molecule has 0 spiro atoms. The van der Waals surface area contributed by atoms with E-state index in [-0.39, 0.29) is 17.5 Å². The number of hydrogen-bond acceptors (Lipinski definition) is 4. The molecule has 7 heteroatoms. The Morgan fingerprint density at radius 1 is 0.592 bits per heavy atom. The number of carbonyl (C=O) groups excluding carboxylic acids is 3. The van der Waals surface area contributed by atoms with Crippen molar-refractivity contribution in [1.82, 2.24) is 5.32 Å². The van der Waals surface area contributed by atoms with E-state index in [1.54, 1.807) is 36.4 Å². The molecule has 0 saturated carbocycles. The molecule has 0 aliphatic carbocycles. The van der Waals surface area contributed by atoms with Gasteiger partial charge >= 0.3 is 0 Å². The van der Waals surface area contributed by atoms with Crippen LogP contribution in [0.2, 0.25) is 0 Å². The fourth-order valence-electron chi connectivity index (χ4n) is 5.13. The van der Waals surface area contributed by atoms with E-state index in [4.69, 9.17) is 0 Å². The highest BCUT2D eigenvalue weighted by Crippen LogP contribution is 2.37. The third-order valence-corrected chi connectivity index (χ3v) is 9.22. The van der Waals surface area contributed by atoms with E-state index < -0.39 is 11.2 Å². The van der Waals surface area contributed by atoms with Gasteiger partial charge in [0.1, 0.15) is 10.9 Å². The number of benzene rings is 5. The first kappa shape index (κ1) is 34.9. The molecule has 1 atom stereocenters. The number of thioether (sulfide) groups is 1. The molecule has 0 aromatic heterocycles. The predicted octanol–water partition coefficient (Wildman–Crippen LogP) is 9.82. The molecule has 6 nitrogen and oxygen atoms in total. The largest absolute Gasteiger partial charge is 0.325 e. The van der Waals surface area contributed by atoms with Crippen LogP contribution in [0.4, 0.5) is 11.4 Å². The van der Waals surface area contributed by atoms with Crippen molar-refractivity contribution in [2.75, 3.05) is 10.6 Å². The van der Waals surface area contributed by atoms with Gasteiger partial charge in [-0.3, -0.25) is 14.4 Å². The molecule has 248 valence electrons. The molecule has 1 unspecified atom stereocenters. The highest BCUT2D eigenvalue weighted by atomic mass is 32.2. The van der Waals surface area contributed by atoms with Crippen molar-refractivity contribution in [3.05, 3.63) is 167 Å². The zero-order chi connectivity index (χ0) is 34.8. The molecule has 3 amide bonds. The average molecular weight is 668 g/mol. The molecular formula is C42H41N3O3S. The second-order valence-corrected chi connectivity index (χ2v) is 13.5. The van der Waals surface area contributed by atoms with Gasteiger partial charge in [-0.2, -0.15) is 0 Å². The monoisotopic (exact) mass is 667 g/mol. The summed E-state index contributed by atoms with van der Waals surface area (Å²) < 4.78 is 0. The summed E-state index contributed by atoms with van der Waals surface area (Å²) in [6.45, 7) is 8.51. The lowest BCUT2D eigenvalue weighted by atomic mass is 10.0. The van der Waals surface area contributed by atoms with Gasteiger partial charge in [0, 0.05) is 21.8 Å². The van der Waals surface area contributed by atoms with Crippen molar-refractivity contribution in [2.24, 2.45) is 0 Å². The lowest BCUT2D eigenvalue weighted by Gasteiger charge is -2.18. The smallest absolute Gasteiger partial charge is 0.272 e. The molecule has 5 aromatic rings. The topological polar surface area (TPSA) is 87.3 Å². The van der Waals surface area contributed by atoms with Crippen LogP contribution >= 0.6 is 11.8 Å². The predicted molar refractivity (Wildman–Crippen MR) is 202 cm³/mol. The van der Waals surface area contributed by atoms with Crippen LogP contribution in [-0.2, 0) is 9.59 Å². The molecule has 5 aromatic carbocycles. The molecule has 5 rings (SSSR count). The third-order valence-electron chi connectivity index (χ3n) is 7.97. The minimum atomic E-state index is -0.550. The normalized spacial score (nSPS) is 12.0. The summed E-state index contributed by atoms with van der Waals surface area (Å²) in [6.07, 6.45) is 1.67. The van der Waals surface area contributed by atoms with Gasteiger partial charge in [-0.1, -0.05) is 119 Å². The van der Waals surface area contributed by atoms with Crippen LogP contribution in [0.3, 0.4) is 0 Å². The maximum atomic E-state index is 13.7. The van der Waals surface area contributed by atoms with Crippen LogP contribution in [0.25, 0.3) is 6.08 Å². The lowest BCUT2D eigenvalue weighted by molar-refractivity contribution is -0.116. The molecular weight excluding hydrogens is 627 g/mol. The SMILES string of the molecule is CC(C)c1ccc(/C=C(/NC(=O)c2ccccc2)C(=O)Nc2cccc(SC(C(=O)Nc3ccc(C(C)C)cc3)c3ccccc3)c2)cc1. The highest BCUT2D eigenvalue weighted by molar-refractivity contribution is 8.00. The third kappa shape index (κ3) is 9.81. The van der Waals surface area contributed by atoms with Gasteiger partial charge < -0.3 is 16.0 Å². The summed E-state index contributed by atoms with van der Waals surface area (Å²) in [6, 6.07) is 41.6. The number of carbonyl (C=O) groups is 3. The molecule has 0 bridgehead atoms. The first-order valence-electron chi connectivity index (χ1n) is 16.4. The van der Waals surface area contributed by atoms with Crippen molar-refractivity contribution in [2.45, 2.75) is 49.7 Å². The molecule has 0 saturated heterocycles. The Morgan fingerprint density at radius 2 is 1.18 bits per heavy atom. The second-order valence-electron chi connectivity index (χ2n) is 12.4. The van der Waals surface area contributed by atoms with Gasteiger partial charge in [-0.05, 0) is 82.6 Å².